The van der Waals surface area contributed by atoms with Crippen molar-refractivity contribution in [2.75, 3.05) is 20.2 Å². The number of amides is 1. The molecule has 120 valence electrons. The van der Waals surface area contributed by atoms with Crippen molar-refractivity contribution in [2.24, 2.45) is 17.6 Å². The molecule has 2 aliphatic rings. The zero-order chi connectivity index (χ0) is 15.5. The predicted octanol–water partition coefficient (Wildman–Crippen LogP) is 2.21. The molecule has 0 radical (unpaired) electrons. The Hall–Kier alpha value is -1.55. The average Bonchev–Trinajstić information content (AvgIpc) is 3.10. The molecule has 1 aliphatic carbocycles. The van der Waals surface area contributed by atoms with Crippen LogP contribution in [0.5, 0.6) is 5.75 Å². The van der Waals surface area contributed by atoms with Gasteiger partial charge in [-0.3, -0.25) is 4.79 Å². The van der Waals surface area contributed by atoms with Crippen molar-refractivity contribution in [1.29, 1.82) is 0 Å². The van der Waals surface area contributed by atoms with Crippen molar-refractivity contribution >= 4 is 5.91 Å². The van der Waals surface area contributed by atoms with E-state index >= 15 is 0 Å². The first kappa shape index (κ1) is 15.3. The monoisotopic (exact) mass is 302 g/mol. The van der Waals surface area contributed by atoms with Crippen LogP contribution in [0.4, 0.5) is 0 Å². The molecule has 4 heteroatoms. The molecule has 22 heavy (non-hydrogen) atoms. The van der Waals surface area contributed by atoms with Crippen LogP contribution in [-0.2, 0) is 11.2 Å². The van der Waals surface area contributed by atoms with E-state index in [1.807, 2.05) is 17.0 Å². The van der Waals surface area contributed by atoms with Gasteiger partial charge in [0.05, 0.1) is 7.11 Å². The summed E-state index contributed by atoms with van der Waals surface area (Å²) in [4.78, 5) is 14.4. The number of hydrogen-bond acceptors (Lipinski definition) is 3. The maximum atomic E-state index is 12.3. The molecule has 2 N–H and O–H groups in total. The van der Waals surface area contributed by atoms with Gasteiger partial charge in [-0.1, -0.05) is 12.1 Å². The highest BCUT2D eigenvalue weighted by Gasteiger charge is 2.42. The van der Waals surface area contributed by atoms with Crippen LogP contribution in [0.1, 0.15) is 31.2 Å². The van der Waals surface area contributed by atoms with Crippen molar-refractivity contribution in [3.05, 3.63) is 29.8 Å². The number of nitrogens with zero attached hydrogens (tertiary/aromatic N) is 1. The number of methoxy groups -OCH3 is 1. The van der Waals surface area contributed by atoms with Gasteiger partial charge in [0.15, 0.2) is 0 Å². The minimum absolute atomic E-state index is 0.301. The average molecular weight is 302 g/mol. The van der Waals surface area contributed by atoms with Gasteiger partial charge in [0.2, 0.25) is 5.91 Å². The Labute approximate surface area is 132 Å². The molecule has 3 atom stereocenters. The van der Waals surface area contributed by atoms with Gasteiger partial charge in [-0.05, 0) is 55.2 Å². The number of aryl methyl sites for hydroxylation is 1. The van der Waals surface area contributed by atoms with Crippen molar-refractivity contribution in [2.45, 2.75) is 38.1 Å². The van der Waals surface area contributed by atoms with Gasteiger partial charge in [0.1, 0.15) is 5.75 Å². The first-order chi connectivity index (χ1) is 10.7. The molecule has 1 aliphatic heterocycles. The van der Waals surface area contributed by atoms with Gasteiger partial charge in [0, 0.05) is 25.6 Å². The normalized spacial score (nSPS) is 27.0. The van der Waals surface area contributed by atoms with Crippen LogP contribution in [0.2, 0.25) is 0 Å². The molecule has 1 heterocycles. The molecule has 1 saturated carbocycles. The van der Waals surface area contributed by atoms with Crippen LogP contribution in [-0.4, -0.2) is 37.0 Å². The molecule has 4 nitrogen and oxygen atoms in total. The molecule has 0 aromatic heterocycles. The lowest BCUT2D eigenvalue weighted by Gasteiger charge is -2.18. The molecule has 3 unspecified atom stereocenters. The number of likely N-dealkylation sites (tertiary alicyclic amines) is 1. The number of nitrogens with two attached hydrogens (primary N) is 1. The third-order valence-corrected chi connectivity index (χ3v) is 5.28. The molecule has 1 amide bonds. The van der Waals surface area contributed by atoms with E-state index in [0.29, 0.717) is 30.2 Å². The van der Waals surface area contributed by atoms with Crippen LogP contribution in [0.15, 0.2) is 24.3 Å². The fourth-order valence-electron chi connectivity index (χ4n) is 3.91. The largest absolute Gasteiger partial charge is 0.497 e. The number of carbonyl (C=O) groups is 1. The second-order valence-corrected chi connectivity index (χ2v) is 6.67. The van der Waals surface area contributed by atoms with Crippen LogP contribution >= 0.6 is 0 Å². The summed E-state index contributed by atoms with van der Waals surface area (Å²) in [5.74, 6) is 2.38. The van der Waals surface area contributed by atoms with E-state index in [1.54, 1.807) is 7.11 Å². The first-order valence-corrected chi connectivity index (χ1v) is 8.33. The standard InChI is InChI=1S/C18H26N2O2/c1-22-15-8-5-13(6-9-15)3-2-4-18(21)20-11-14-7-10-17(19)16(14)12-20/h5-6,8-9,14,16-17H,2-4,7,10-12,19H2,1H3. The van der Waals surface area contributed by atoms with Crippen LogP contribution in [0.3, 0.4) is 0 Å². The van der Waals surface area contributed by atoms with E-state index in [2.05, 4.69) is 12.1 Å². The summed E-state index contributed by atoms with van der Waals surface area (Å²) in [5, 5.41) is 0. The van der Waals surface area contributed by atoms with E-state index in [4.69, 9.17) is 10.5 Å². The van der Waals surface area contributed by atoms with Crippen molar-refractivity contribution < 1.29 is 9.53 Å². The van der Waals surface area contributed by atoms with E-state index < -0.39 is 0 Å². The zero-order valence-electron chi connectivity index (χ0n) is 13.3. The van der Waals surface area contributed by atoms with Gasteiger partial charge >= 0.3 is 0 Å². The zero-order valence-corrected chi connectivity index (χ0v) is 13.3. The smallest absolute Gasteiger partial charge is 0.222 e. The van der Waals surface area contributed by atoms with Gasteiger partial charge < -0.3 is 15.4 Å². The van der Waals surface area contributed by atoms with Crippen molar-refractivity contribution in [1.82, 2.24) is 4.90 Å². The summed E-state index contributed by atoms with van der Waals surface area (Å²) in [7, 11) is 1.67. The molecule has 2 fully saturated rings. The van der Waals surface area contributed by atoms with E-state index in [-0.39, 0.29) is 0 Å². The van der Waals surface area contributed by atoms with Crippen molar-refractivity contribution in [3.8, 4) is 5.75 Å². The number of fused-ring (bicyclic) bond motifs is 1. The Morgan fingerprint density at radius 1 is 1.27 bits per heavy atom. The molecular weight excluding hydrogens is 276 g/mol. The predicted molar refractivity (Wildman–Crippen MR) is 86.7 cm³/mol. The highest BCUT2D eigenvalue weighted by molar-refractivity contribution is 5.76. The highest BCUT2D eigenvalue weighted by atomic mass is 16.5. The molecule has 0 spiro atoms. The minimum Gasteiger partial charge on any atom is -0.497 e. The maximum absolute atomic E-state index is 12.3. The van der Waals surface area contributed by atoms with E-state index in [1.165, 1.54) is 12.0 Å². The summed E-state index contributed by atoms with van der Waals surface area (Å²) >= 11 is 0. The molecule has 3 rings (SSSR count). The Morgan fingerprint density at radius 2 is 2.05 bits per heavy atom. The Kier molecular flexibility index (Phi) is 4.67. The topological polar surface area (TPSA) is 55.6 Å². The Morgan fingerprint density at radius 3 is 2.73 bits per heavy atom. The van der Waals surface area contributed by atoms with Crippen molar-refractivity contribution in [3.63, 3.8) is 0 Å². The molecular formula is C18H26N2O2. The molecule has 1 aromatic carbocycles. The number of hydrogen-bond donors (Lipinski definition) is 1. The molecule has 0 bridgehead atoms. The Balaban J connectivity index is 1.43. The summed E-state index contributed by atoms with van der Waals surface area (Å²) < 4.78 is 5.15. The minimum atomic E-state index is 0.301. The summed E-state index contributed by atoms with van der Waals surface area (Å²) in [6.45, 7) is 1.81. The number of rotatable bonds is 5. The van der Waals surface area contributed by atoms with Gasteiger partial charge in [-0.15, -0.1) is 0 Å². The summed E-state index contributed by atoms with van der Waals surface area (Å²) in [6.07, 6.45) is 4.82. The van der Waals surface area contributed by atoms with Gasteiger partial charge in [-0.25, -0.2) is 0 Å². The quantitative estimate of drug-likeness (QED) is 0.907. The van der Waals surface area contributed by atoms with Crippen LogP contribution < -0.4 is 10.5 Å². The first-order valence-electron chi connectivity index (χ1n) is 8.33. The number of carbonyl (C=O) groups excluding carboxylic acids is 1. The summed E-state index contributed by atoms with van der Waals surface area (Å²) in [6, 6.07) is 8.40. The third kappa shape index (κ3) is 3.27. The molecule has 1 aromatic rings. The lowest BCUT2D eigenvalue weighted by molar-refractivity contribution is -0.130. The van der Waals surface area contributed by atoms with Gasteiger partial charge in [-0.2, -0.15) is 0 Å². The maximum Gasteiger partial charge on any atom is 0.222 e. The fourth-order valence-corrected chi connectivity index (χ4v) is 3.91. The molecule has 1 saturated heterocycles. The van der Waals surface area contributed by atoms with E-state index in [9.17, 15) is 4.79 Å². The van der Waals surface area contributed by atoms with Crippen LogP contribution in [0.25, 0.3) is 0 Å². The summed E-state index contributed by atoms with van der Waals surface area (Å²) in [5.41, 5.74) is 7.39. The number of ether oxygens (including phenoxy) is 1. The lowest BCUT2D eigenvalue weighted by atomic mass is 9.98. The van der Waals surface area contributed by atoms with Gasteiger partial charge in [0.25, 0.3) is 0 Å². The van der Waals surface area contributed by atoms with Crippen LogP contribution in [0, 0.1) is 11.8 Å². The lowest BCUT2D eigenvalue weighted by Crippen LogP contribution is -2.33. The third-order valence-electron chi connectivity index (χ3n) is 5.28. The van der Waals surface area contributed by atoms with E-state index in [0.717, 1.165) is 38.1 Å². The fraction of sp³-hybridized carbons (Fsp3) is 0.611. The second kappa shape index (κ2) is 6.69. The SMILES string of the molecule is COc1ccc(CCCC(=O)N2CC3CCC(N)C3C2)cc1. The Bertz CT molecular complexity index is 514. The highest BCUT2D eigenvalue weighted by Crippen LogP contribution is 2.37. The second-order valence-electron chi connectivity index (χ2n) is 6.67. The number of benzene rings is 1.